The SMILES string of the molecule is N#Cc1cc2nc(n1)NCCCCC1CCCN(C1)c1cc(N(O)CCOCO)ccc1C(=O)N2.[W]. The van der Waals surface area contributed by atoms with Gasteiger partial charge in [0.25, 0.3) is 5.91 Å². The molecule has 192 valence electrons. The molecule has 4 rings (SSSR count). The Labute approximate surface area is 224 Å². The smallest absolute Gasteiger partial charge is 0.258 e. The zero-order valence-corrected chi connectivity index (χ0v) is 23.0. The van der Waals surface area contributed by atoms with Gasteiger partial charge in [-0.15, -0.1) is 0 Å². The zero-order valence-electron chi connectivity index (χ0n) is 20.0. The molecule has 1 saturated heterocycles. The molecule has 0 aliphatic carbocycles. The molecule has 36 heavy (non-hydrogen) atoms. The molecule has 2 aliphatic heterocycles. The quantitative estimate of drug-likeness (QED) is 0.214. The van der Waals surface area contributed by atoms with E-state index in [0.717, 1.165) is 55.9 Å². The first-order valence-corrected chi connectivity index (χ1v) is 12.0. The number of nitrogens with zero attached hydrogens (tertiary/aromatic N) is 5. The third kappa shape index (κ3) is 7.14. The number of hydrogen-bond donors (Lipinski definition) is 4. The fourth-order valence-electron chi connectivity index (χ4n) is 4.59. The molecule has 12 heteroatoms. The van der Waals surface area contributed by atoms with E-state index in [0.29, 0.717) is 29.7 Å². The number of ether oxygens (including phenoxy) is 1. The van der Waals surface area contributed by atoms with Crippen LogP contribution in [0.1, 0.15) is 48.2 Å². The molecular formula is C24H31N7O4W. The summed E-state index contributed by atoms with van der Waals surface area (Å²) in [5.41, 5.74) is 1.88. The van der Waals surface area contributed by atoms with Crippen LogP contribution in [0.3, 0.4) is 0 Å². The van der Waals surface area contributed by atoms with E-state index < -0.39 is 6.79 Å². The molecule has 4 N–H and O–H groups in total. The molecule has 11 nitrogen and oxygen atoms in total. The maximum atomic E-state index is 13.4. The number of aromatic nitrogens is 2. The van der Waals surface area contributed by atoms with Crippen LogP contribution in [-0.2, 0) is 25.8 Å². The third-order valence-electron chi connectivity index (χ3n) is 6.33. The van der Waals surface area contributed by atoms with Crippen molar-refractivity contribution < 1.29 is 40.9 Å². The Morgan fingerprint density at radius 2 is 2.06 bits per heavy atom. The van der Waals surface area contributed by atoms with Gasteiger partial charge in [0.2, 0.25) is 5.95 Å². The van der Waals surface area contributed by atoms with E-state index in [-0.39, 0.29) is 51.6 Å². The maximum absolute atomic E-state index is 13.4. The van der Waals surface area contributed by atoms with Crippen molar-refractivity contribution in [2.75, 3.05) is 60.2 Å². The predicted octanol–water partition coefficient (Wildman–Crippen LogP) is 2.57. The first-order chi connectivity index (χ1) is 17.1. The maximum Gasteiger partial charge on any atom is 0.258 e. The Balaban J connectivity index is 0.00000361. The number of fused-ring (bicyclic) bond motifs is 6. The molecule has 4 bridgehead atoms. The number of nitriles is 1. The van der Waals surface area contributed by atoms with Gasteiger partial charge in [0.05, 0.1) is 30.1 Å². The molecule has 1 fully saturated rings. The molecule has 3 heterocycles. The first kappa shape index (κ1) is 27.8. The minimum Gasteiger partial charge on any atom is -0.371 e. The van der Waals surface area contributed by atoms with Gasteiger partial charge < -0.3 is 25.4 Å². The number of hydrogen-bond acceptors (Lipinski definition) is 10. The number of carbonyl (C=O) groups is 1. The minimum absolute atomic E-state index is 0. The Morgan fingerprint density at radius 3 is 2.86 bits per heavy atom. The molecular weight excluding hydrogens is 634 g/mol. The van der Waals surface area contributed by atoms with E-state index in [1.807, 2.05) is 12.1 Å². The largest absolute Gasteiger partial charge is 0.371 e. The Kier molecular flexibility index (Phi) is 10.4. The van der Waals surface area contributed by atoms with Gasteiger partial charge in [-0.05, 0) is 49.8 Å². The summed E-state index contributed by atoms with van der Waals surface area (Å²) in [6.07, 6.45) is 5.25. The van der Waals surface area contributed by atoms with Crippen LogP contribution in [0.5, 0.6) is 0 Å². The van der Waals surface area contributed by atoms with E-state index >= 15 is 0 Å². The number of aliphatic hydroxyl groups excluding tert-OH is 1. The zero-order chi connectivity index (χ0) is 24.6. The fraction of sp³-hybridized carbons (Fsp3) is 0.500. The number of piperidine rings is 1. The van der Waals surface area contributed by atoms with Crippen molar-refractivity contribution in [1.29, 1.82) is 5.26 Å². The van der Waals surface area contributed by atoms with Crippen molar-refractivity contribution in [3.63, 3.8) is 0 Å². The van der Waals surface area contributed by atoms with Gasteiger partial charge in [-0.2, -0.15) is 10.2 Å². The van der Waals surface area contributed by atoms with Crippen molar-refractivity contribution in [2.45, 2.75) is 32.1 Å². The van der Waals surface area contributed by atoms with E-state index in [1.54, 1.807) is 12.1 Å². The van der Waals surface area contributed by atoms with Crippen LogP contribution >= 0.6 is 0 Å². The van der Waals surface area contributed by atoms with E-state index in [2.05, 4.69) is 25.5 Å². The van der Waals surface area contributed by atoms with Gasteiger partial charge >= 0.3 is 0 Å². The third-order valence-corrected chi connectivity index (χ3v) is 6.33. The Morgan fingerprint density at radius 1 is 1.22 bits per heavy atom. The van der Waals surface area contributed by atoms with Crippen LogP contribution in [-0.4, -0.2) is 65.8 Å². The number of amides is 1. The summed E-state index contributed by atoms with van der Waals surface area (Å²) >= 11 is 0. The van der Waals surface area contributed by atoms with Gasteiger partial charge in [-0.25, -0.2) is 4.98 Å². The van der Waals surface area contributed by atoms with Gasteiger partial charge in [0.1, 0.15) is 24.4 Å². The number of rotatable bonds is 5. The van der Waals surface area contributed by atoms with Crippen molar-refractivity contribution >= 4 is 29.0 Å². The molecule has 2 aliphatic rings. The van der Waals surface area contributed by atoms with E-state index in [9.17, 15) is 15.3 Å². The van der Waals surface area contributed by atoms with Gasteiger partial charge in [-0.1, -0.05) is 6.42 Å². The average Bonchev–Trinajstić information content (AvgIpc) is 2.88. The molecule has 1 aromatic heterocycles. The van der Waals surface area contributed by atoms with Crippen LogP contribution in [0.25, 0.3) is 0 Å². The summed E-state index contributed by atoms with van der Waals surface area (Å²) in [7, 11) is 0. The number of aliphatic hydroxyl groups is 1. The molecule has 0 saturated carbocycles. The molecule has 0 radical (unpaired) electrons. The Hall–Kier alpha value is -2.77. The molecule has 1 amide bonds. The normalized spacial score (nSPS) is 17.8. The van der Waals surface area contributed by atoms with Crippen molar-refractivity contribution in [1.82, 2.24) is 9.97 Å². The number of hydroxylamine groups is 1. The average molecular weight is 665 g/mol. The van der Waals surface area contributed by atoms with Crippen LogP contribution in [0.4, 0.5) is 23.1 Å². The van der Waals surface area contributed by atoms with Crippen LogP contribution < -0.4 is 20.6 Å². The van der Waals surface area contributed by atoms with E-state index in [4.69, 9.17) is 9.84 Å². The van der Waals surface area contributed by atoms with Crippen LogP contribution in [0, 0.1) is 17.2 Å². The van der Waals surface area contributed by atoms with E-state index in [1.165, 1.54) is 6.07 Å². The molecule has 2 aromatic rings. The van der Waals surface area contributed by atoms with Crippen LogP contribution in [0.2, 0.25) is 0 Å². The summed E-state index contributed by atoms with van der Waals surface area (Å²) in [5, 5.41) is 35.7. The Bertz CT molecular complexity index is 1080. The minimum atomic E-state index is -0.416. The van der Waals surface area contributed by atoms with Crippen molar-refractivity contribution in [3.8, 4) is 6.07 Å². The summed E-state index contributed by atoms with van der Waals surface area (Å²) in [5.74, 6) is 0.716. The molecule has 1 aromatic carbocycles. The summed E-state index contributed by atoms with van der Waals surface area (Å²) in [6.45, 7) is 2.25. The van der Waals surface area contributed by atoms with Gasteiger partial charge in [0, 0.05) is 46.8 Å². The van der Waals surface area contributed by atoms with Crippen molar-refractivity contribution in [3.05, 3.63) is 35.5 Å². The number of carbonyl (C=O) groups excluding carboxylic acids is 1. The first-order valence-electron chi connectivity index (χ1n) is 12.0. The second-order valence-corrected chi connectivity index (χ2v) is 8.77. The summed E-state index contributed by atoms with van der Waals surface area (Å²) in [4.78, 5) is 24.2. The predicted molar refractivity (Wildman–Crippen MR) is 131 cm³/mol. The van der Waals surface area contributed by atoms with Crippen LogP contribution in [0.15, 0.2) is 24.3 Å². The fourth-order valence-corrected chi connectivity index (χ4v) is 4.59. The number of nitrogens with one attached hydrogen (secondary N) is 2. The molecule has 1 unspecified atom stereocenters. The second kappa shape index (κ2) is 13.5. The monoisotopic (exact) mass is 665 g/mol. The van der Waals surface area contributed by atoms with Gasteiger partial charge in [-0.3, -0.25) is 15.1 Å². The number of anilines is 4. The van der Waals surface area contributed by atoms with Gasteiger partial charge in [0.15, 0.2) is 0 Å². The van der Waals surface area contributed by atoms with Crippen molar-refractivity contribution in [2.24, 2.45) is 5.92 Å². The molecule has 1 atom stereocenters. The second-order valence-electron chi connectivity index (χ2n) is 8.77. The number of benzene rings is 1. The summed E-state index contributed by atoms with van der Waals surface area (Å²) in [6, 6.07) is 8.62. The topological polar surface area (TPSA) is 147 Å². The summed E-state index contributed by atoms with van der Waals surface area (Å²) < 4.78 is 4.93. The standard InChI is InChI=1S/C24H31N7O4.W/c25-14-18-12-22-28-23(33)20-7-6-19(31(34)10-11-35-16-32)13-21(20)30-9-3-5-17(15-30)4-1-2-8-26-24(27-18)29-22;/h6-7,12-13,17,32,34H,1-5,8-11,15-16H2,(H2,26,27,28,29,33);. The molecule has 0 spiro atoms.